The van der Waals surface area contributed by atoms with Crippen molar-refractivity contribution < 1.29 is 14.6 Å². The predicted octanol–water partition coefficient (Wildman–Crippen LogP) is 4.32. The molecule has 2 aliphatic carbocycles. The smallest absolute Gasteiger partial charge is 0.303 e. The van der Waals surface area contributed by atoms with E-state index < -0.39 is 5.97 Å². The maximum atomic E-state index is 11.0. The summed E-state index contributed by atoms with van der Waals surface area (Å²) in [4.78, 5) is 11.0. The van der Waals surface area contributed by atoms with Crippen LogP contribution in [-0.4, -0.2) is 35.4 Å². The number of carboxylic acids is 1. The van der Waals surface area contributed by atoms with E-state index in [0.29, 0.717) is 24.7 Å². The molecule has 0 amide bonds. The third kappa shape index (κ3) is 6.40. The minimum atomic E-state index is -0.710. The topological polar surface area (TPSA) is 58.6 Å². The van der Waals surface area contributed by atoms with Crippen LogP contribution in [0.4, 0.5) is 0 Å². The summed E-state index contributed by atoms with van der Waals surface area (Å²) in [6.07, 6.45) is 12.4. The molecule has 1 aromatic rings. The van der Waals surface area contributed by atoms with Gasteiger partial charge < -0.3 is 15.2 Å². The summed E-state index contributed by atoms with van der Waals surface area (Å²) < 4.78 is 6.27. The first-order valence-corrected chi connectivity index (χ1v) is 10.4. The van der Waals surface area contributed by atoms with Gasteiger partial charge in [-0.15, -0.1) is 0 Å². The summed E-state index contributed by atoms with van der Waals surface area (Å²) in [5.41, 5.74) is 1.27. The lowest BCUT2D eigenvalue weighted by atomic mass is 9.91. The number of carboxylic acid groups (broad SMARTS) is 1. The number of ether oxygens (including phenoxy) is 1. The van der Waals surface area contributed by atoms with Crippen LogP contribution < -0.4 is 5.32 Å². The Bertz CT molecular complexity index is 534. The SMILES string of the molecule is O=C(O)CCC(Cc1ccccc1)NC1CCC(OC2CCCC2)CC1. The number of benzene rings is 1. The van der Waals surface area contributed by atoms with Crippen molar-refractivity contribution in [2.45, 2.75) is 94.9 Å². The van der Waals surface area contributed by atoms with Gasteiger partial charge in [0.1, 0.15) is 0 Å². The van der Waals surface area contributed by atoms with Crippen molar-refractivity contribution in [3.63, 3.8) is 0 Å². The minimum Gasteiger partial charge on any atom is -0.481 e. The van der Waals surface area contributed by atoms with Gasteiger partial charge in [-0.1, -0.05) is 43.2 Å². The first-order valence-electron chi connectivity index (χ1n) is 10.4. The lowest BCUT2D eigenvalue weighted by molar-refractivity contribution is -0.137. The van der Waals surface area contributed by atoms with Crippen LogP contribution in [0.1, 0.15) is 69.8 Å². The Morgan fingerprint density at radius 2 is 1.69 bits per heavy atom. The van der Waals surface area contributed by atoms with E-state index in [2.05, 4.69) is 29.6 Å². The number of hydrogen-bond acceptors (Lipinski definition) is 3. The highest BCUT2D eigenvalue weighted by atomic mass is 16.5. The molecule has 2 saturated carbocycles. The standard InChI is InChI=1S/C22H33NO3/c24-22(25)15-12-19(16-17-6-2-1-3-7-17)23-18-10-13-21(14-11-18)26-20-8-4-5-9-20/h1-3,6-7,18-21,23H,4-5,8-16H2,(H,24,25). The van der Waals surface area contributed by atoms with Crippen molar-refractivity contribution in [1.29, 1.82) is 0 Å². The Morgan fingerprint density at radius 3 is 2.35 bits per heavy atom. The van der Waals surface area contributed by atoms with Crippen LogP contribution in [0.5, 0.6) is 0 Å². The van der Waals surface area contributed by atoms with E-state index in [0.717, 1.165) is 32.1 Å². The Labute approximate surface area is 157 Å². The molecule has 144 valence electrons. The fourth-order valence-electron chi connectivity index (χ4n) is 4.44. The summed E-state index contributed by atoms with van der Waals surface area (Å²) in [6, 6.07) is 11.1. The predicted molar refractivity (Wildman–Crippen MR) is 103 cm³/mol. The van der Waals surface area contributed by atoms with E-state index in [1.165, 1.54) is 31.2 Å². The van der Waals surface area contributed by atoms with Gasteiger partial charge in [-0.2, -0.15) is 0 Å². The summed E-state index contributed by atoms with van der Waals surface area (Å²) in [5.74, 6) is -0.710. The van der Waals surface area contributed by atoms with Crippen molar-refractivity contribution >= 4 is 5.97 Å². The molecule has 0 heterocycles. The molecule has 4 heteroatoms. The van der Waals surface area contributed by atoms with Gasteiger partial charge in [0.25, 0.3) is 0 Å². The fraction of sp³-hybridized carbons (Fsp3) is 0.682. The summed E-state index contributed by atoms with van der Waals surface area (Å²) in [7, 11) is 0. The molecule has 2 aliphatic rings. The van der Waals surface area contributed by atoms with Gasteiger partial charge in [-0.05, 0) is 56.9 Å². The van der Waals surface area contributed by atoms with E-state index in [-0.39, 0.29) is 12.5 Å². The first-order chi connectivity index (χ1) is 12.7. The van der Waals surface area contributed by atoms with Crippen LogP contribution in [0.2, 0.25) is 0 Å². The van der Waals surface area contributed by atoms with Gasteiger partial charge in [-0.3, -0.25) is 4.79 Å². The van der Waals surface area contributed by atoms with Crippen molar-refractivity contribution in [1.82, 2.24) is 5.32 Å². The molecule has 1 atom stereocenters. The number of aliphatic carboxylic acids is 1. The Morgan fingerprint density at radius 1 is 1.04 bits per heavy atom. The van der Waals surface area contributed by atoms with Crippen LogP contribution in [0, 0.1) is 0 Å². The zero-order valence-electron chi connectivity index (χ0n) is 15.7. The second-order valence-corrected chi connectivity index (χ2v) is 8.00. The second-order valence-electron chi connectivity index (χ2n) is 8.00. The highest BCUT2D eigenvalue weighted by Crippen LogP contribution is 2.28. The van der Waals surface area contributed by atoms with Crippen molar-refractivity contribution in [2.75, 3.05) is 0 Å². The minimum absolute atomic E-state index is 0.227. The van der Waals surface area contributed by atoms with Gasteiger partial charge in [-0.25, -0.2) is 0 Å². The molecule has 0 radical (unpaired) electrons. The summed E-state index contributed by atoms with van der Waals surface area (Å²) in [5, 5.41) is 12.8. The highest BCUT2D eigenvalue weighted by molar-refractivity contribution is 5.66. The molecule has 3 rings (SSSR count). The maximum Gasteiger partial charge on any atom is 0.303 e. The molecule has 0 spiro atoms. The van der Waals surface area contributed by atoms with Gasteiger partial charge in [0.15, 0.2) is 0 Å². The Kier molecular flexibility index (Phi) is 7.51. The van der Waals surface area contributed by atoms with Gasteiger partial charge in [0.2, 0.25) is 0 Å². The third-order valence-corrected chi connectivity index (χ3v) is 5.86. The van der Waals surface area contributed by atoms with Crippen LogP contribution in [-0.2, 0) is 16.0 Å². The number of nitrogens with one attached hydrogen (secondary N) is 1. The van der Waals surface area contributed by atoms with E-state index in [9.17, 15) is 4.79 Å². The average Bonchev–Trinajstić information content (AvgIpc) is 3.15. The summed E-state index contributed by atoms with van der Waals surface area (Å²) >= 11 is 0. The highest BCUT2D eigenvalue weighted by Gasteiger charge is 2.27. The van der Waals surface area contributed by atoms with E-state index in [1.54, 1.807) is 0 Å². The van der Waals surface area contributed by atoms with Crippen molar-refractivity contribution in [2.24, 2.45) is 0 Å². The monoisotopic (exact) mass is 359 g/mol. The molecule has 2 fully saturated rings. The molecule has 1 aromatic carbocycles. The molecule has 0 aromatic heterocycles. The largest absolute Gasteiger partial charge is 0.481 e. The van der Waals surface area contributed by atoms with Crippen molar-refractivity contribution in [3.8, 4) is 0 Å². The molecule has 0 aliphatic heterocycles. The molecule has 0 saturated heterocycles. The zero-order chi connectivity index (χ0) is 18.2. The molecule has 0 bridgehead atoms. The van der Waals surface area contributed by atoms with Gasteiger partial charge in [0, 0.05) is 18.5 Å². The molecule has 1 unspecified atom stereocenters. The lowest BCUT2D eigenvalue weighted by Crippen LogP contribution is -2.43. The number of carbonyl (C=O) groups is 1. The number of rotatable bonds is 9. The first kappa shape index (κ1) is 19.4. The van der Waals surface area contributed by atoms with Crippen LogP contribution in [0.25, 0.3) is 0 Å². The normalized spacial score (nSPS) is 25.2. The Hall–Kier alpha value is -1.39. The van der Waals surface area contributed by atoms with Gasteiger partial charge >= 0.3 is 5.97 Å². The van der Waals surface area contributed by atoms with E-state index >= 15 is 0 Å². The maximum absolute atomic E-state index is 11.0. The van der Waals surface area contributed by atoms with Crippen molar-refractivity contribution in [3.05, 3.63) is 35.9 Å². The lowest BCUT2D eigenvalue weighted by Gasteiger charge is -2.33. The van der Waals surface area contributed by atoms with Gasteiger partial charge in [0.05, 0.1) is 12.2 Å². The second kappa shape index (κ2) is 10.1. The third-order valence-electron chi connectivity index (χ3n) is 5.86. The van der Waals surface area contributed by atoms with E-state index in [1.807, 2.05) is 6.07 Å². The molecular weight excluding hydrogens is 326 g/mol. The molecule has 26 heavy (non-hydrogen) atoms. The fourth-order valence-corrected chi connectivity index (χ4v) is 4.44. The van der Waals surface area contributed by atoms with Crippen LogP contribution in [0.15, 0.2) is 30.3 Å². The summed E-state index contributed by atoms with van der Waals surface area (Å²) in [6.45, 7) is 0. The number of hydrogen-bond donors (Lipinski definition) is 2. The van der Waals surface area contributed by atoms with E-state index in [4.69, 9.17) is 9.84 Å². The van der Waals surface area contributed by atoms with Crippen LogP contribution in [0.3, 0.4) is 0 Å². The quantitative estimate of drug-likeness (QED) is 0.689. The zero-order valence-corrected chi connectivity index (χ0v) is 15.7. The van der Waals surface area contributed by atoms with Crippen LogP contribution >= 0.6 is 0 Å². The molecule has 4 nitrogen and oxygen atoms in total. The average molecular weight is 360 g/mol. The molecule has 2 N–H and O–H groups in total. The Balaban J connectivity index is 1.46. The molecular formula is C22H33NO3.